The third-order valence-electron chi connectivity index (χ3n) is 2.97. The molecule has 3 heteroatoms. The first-order valence-corrected chi connectivity index (χ1v) is 5.71. The van der Waals surface area contributed by atoms with E-state index in [-0.39, 0.29) is 12.1 Å². The first kappa shape index (κ1) is 11.0. The van der Waals surface area contributed by atoms with Crippen molar-refractivity contribution in [2.75, 3.05) is 0 Å². The molecule has 0 aromatic heterocycles. The predicted molar refractivity (Wildman–Crippen MR) is 62.0 cm³/mol. The predicted octanol–water partition coefficient (Wildman–Crippen LogP) is 2.21. The first-order valence-electron chi connectivity index (χ1n) is 5.71. The fourth-order valence-electron chi connectivity index (χ4n) is 2.13. The van der Waals surface area contributed by atoms with Crippen LogP contribution in [0.15, 0.2) is 24.3 Å². The van der Waals surface area contributed by atoms with Gasteiger partial charge in [-0.3, -0.25) is 0 Å². The molecule has 0 amide bonds. The molecule has 3 nitrogen and oxygen atoms in total. The second-order valence-electron chi connectivity index (χ2n) is 4.27. The number of nitrogens with two attached hydrogens (primary N) is 1. The van der Waals surface area contributed by atoms with Gasteiger partial charge in [-0.2, -0.15) is 5.26 Å². The third kappa shape index (κ3) is 2.53. The monoisotopic (exact) mass is 216 g/mol. The summed E-state index contributed by atoms with van der Waals surface area (Å²) in [6.07, 6.45) is 4.28. The van der Waals surface area contributed by atoms with Crippen LogP contribution in [0.25, 0.3) is 0 Å². The van der Waals surface area contributed by atoms with Crippen molar-refractivity contribution >= 4 is 0 Å². The van der Waals surface area contributed by atoms with E-state index in [1.54, 1.807) is 6.07 Å². The average molecular weight is 216 g/mol. The zero-order valence-corrected chi connectivity index (χ0v) is 9.23. The molecule has 1 aliphatic carbocycles. The lowest BCUT2D eigenvalue weighted by Crippen LogP contribution is -2.33. The van der Waals surface area contributed by atoms with Gasteiger partial charge >= 0.3 is 0 Å². The van der Waals surface area contributed by atoms with Crippen LogP contribution < -0.4 is 10.5 Å². The van der Waals surface area contributed by atoms with E-state index in [4.69, 9.17) is 15.7 Å². The van der Waals surface area contributed by atoms with Crippen molar-refractivity contribution in [1.29, 1.82) is 5.26 Å². The summed E-state index contributed by atoms with van der Waals surface area (Å²) in [4.78, 5) is 0. The van der Waals surface area contributed by atoms with Gasteiger partial charge in [-0.1, -0.05) is 12.1 Å². The van der Waals surface area contributed by atoms with Gasteiger partial charge in [0, 0.05) is 6.04 Å². The van der Waals surface area contributed by atoms with Gasteiger partial charge < -0.3 is 10.5 Å². The maximum atomic E-state index is 8.95. The minimum absolute atomic E-state index is 0.165. The van der Waals surface area contributed by atoms with Gasteiger partial charge in [0.1, 0.15) is 17.9 Å². The van der Waals surface area contributed by atoms with E-state index in [9.17, 15) is 0 Å². The molecule has 1 saturated carbocycles. The van der Waals surface area contributed by atoms with Crippen molar-refractivity contribution in [2.45, 2.75) is 37.8 Å². The largest absolute Gasteiger partial charge is 0.489 e. The summed E-state index contributed by atoms with van der Waals surface area (Å²) >= 11 is 0. The summed E-state index contributed by atoms with van der Waals surface area (Å²) in [7, 11) is 0. The maximum absolute atomic E-state index is 8.95. The Morgan fingerprint density at radius 2 is 2.12 bits per heavy atom. The third-order valence-corrected chi connectivity index (χ3v) is 2.97. The molecule has 2 N–H and O–H groups in total. The van der Waals surface area contributed by atoms with Crippen molar-refractivity contribution in [2.24, 2.45) is 5.73 Å². The number of ether oxygens (including phenoxy) is 1. The quantitative estimate of drug-likeness (QED) is 0.824. The van der Waals surface area contributed by atoms with Crippen LogP contribution in [0.1, 0.15) is 31.2 Å². The van der Waals surface area contributed by atoms with Gasteiger partial charge in [0.2, 0.25) is 0 Å². The van der Waals surface area contributed by atoms with Crippen LogP contribution in [0, 0.1) is 11.3 Å². The van der Waals surface area contributed by atoms with E-state index >= 15 is 0 Å². The molecule has 2 rings (SSSR count). The zero-order chi connectivity index (χ0) is 11.4. The van der Waals surface area contributed by atoms with E-state index in [2.05, 4.69) is 6.07 Å². The molecular formula is C13H16N2O. The van der Waals surface area contributed by atoms with Crippen molar-refractivity contribution in [1.82, 2.24) is 0 Å². The summed E-state index contributed by atoms with van der Waals surface area (Å²) in [5, 5.41) is 8.95. The molecule has 1 aromatic carbocycles. The van der Waals surface area contributed by atoms with E-state index in [0.29, 0.717) is 11.3 Å². The van der Waals surface area contributed by atoms with E-state index in [1.165, 1.54) is 0 Å². The van der Waals surface area contributed by atoms with E-state index < -0.39 is 0 Å². The Morgan fingerprint density at radius 1 is 1.31 bits per heavy atom. The number of hydrogen-bond acceptors (Lipinski definition) is 3. The molecule has 0 heterocycles. The summed E-state index contributed by atoms with van der Waals surface area (Å²) < 4.78 is 5.85. The molecule has 16 heavy (non-hydrogen) atoms. The lowest BCUT2D eigenvalue weighted by atomic mass is 9.93. The lowest BCUT2D eigenvalue weighted by Gasteiger charge is -2.27. The maximum Gasteiger partial charge on any atom is 0.137 e. The fraction of sp³-hybridized carbons (Fsp3) is 0.462. The van der Waals surface area contributed by atoms with Gasteiger partial charge in [-0.15, -0.1) is 0 Å². The van der Waals surface area contributed by atoms with E-state index in [1.807, 2.05) is 18.2 Å². The van der Waals surface area contributed by atoms with Gasteiger partial charge in [0.25, 0.3) is 0 Å². The van der Waals surface area contributed by atoms with Crippen LogP contribution in [-0.2, 0) is 0 Å². The molecule has 1 fully saturated rings. The number of rotatable bonds is 2. The summed E-state index contributed by atoms with van der Waals surface area (Å²) in [5.41, 5.74) is 6.50. The first-order chi connectivity index (χ1) is 7.79. The fourth-order valence-corrected chi connectivity index (χ4v) is 2.13. The lowest BCUT2D eigenvalue weighted by molar-refractivity contribution is 0.144. The highest BCUT2D eigenvalue weighted by Crippen LogP contribution is 2.25. The van der Waals surface area contributed by atoms with Gasteiger partial charge in [0.05, 0.1) is 5.56 Å². The summed E-state index contributed by atoms with van der Waals surface area (Å²) in [6, 6.07) is 9.74. The Labute approximate surface area is 95.8 Å². The van der Waals surface area contributed by atoms with Crippen molar-refractivity contribution in [3.05, 3.63) is 29.8 Å². The molecule has 0 radical (unpaired) electrons. The Hall–Kier alpha value is -1.53. The standard InChI is InChI=1S/C13H16N2O/c14-9-10-4-1-2-7-13(10)16-12-6-3-5-11(15)8-12/h1-2,4,7,11-12H,3,5-6,8,15H2. The number of nitrogens with zero attached hydrogens (tertiary/aromatic N) is 1. The van der Waals surface area contributed by atoms with Gasteiger partial charge in [-0.05, 0) is 37.8 Å². The topological polar surface area (TPSA) is 59.0 Å². The Kier molecular flexibility index (Phi) is 3.43. The number of benzene rings is 1. The molecule has 0 aliphatic heterocycles. The number of hydrogen-bond donors (Lipinski definition) is 1. The molecule has 0 bridgehead atoms. The van der Waals surface area contributed by atoms with Gasteiger partial charge in [0.15, 0.2) is 0 Å². The molecular weight excluding hydrogens is 200 g/mol. The minimum Gasteiger partial charge on any atom is -0.489 e. The smallest absolute Gasteiger partial charge is 0.137 e. The average Bonchev–Trinajstić information content (AvgIpc) is 2.30. The van der Waals surface area contributed by atoms with Crippen molar-refractivity contribution < 1.29 is 4.74 Å². The SMILES string of the molecule is N#Cc1ccccc1OC1CCCC(N)C1. The van der Waals surface area contributed by atoms with Crippen LogP contribution in [0.4, 0.5) is 0 Å². The summed E-state index contributed by atoms with van der Waals surface area (Å²) in [6.45, 7) is 0. The minimum atomic E-state index is 0.165. The second kappa shape index (κ2) is 5.00. The molecule has 2 atom stereocenters. The number of para-hydroxylation sites is 1. The van der Waals surface area contributed by atoms with Crippen LogP contribution in [0.5, 0.6) is 5.75 Å². The zero-order valence-electron chi connectivity index (χ0n) is 9.23. The van der Waals surface area contributed by atoms with Crippen molar-refractivity contribution in [3.8, 4) is 11.8 Å². The number of nitriles is 1. The highest BCUT2D eigenvalue weighted by atomic mass is 16.5. The summed E-state index contributed by atoms with van der Waals surface area (Å²) in [5.74, 6) is 0.684. The molecule has 84 valence electrons. The highest BCUT2D eigenvalue weighted by molar-refractivity contribution is 5.42. The molecule has 2 unspecified atom stereocenters. The van der Waals surface area contributed by atoms with Crippen LogP contribution in [-0.4, -0.2) is 12.1 Å². The second-order valence-corrected chi connectivity index (χ2v) is 4.27. The molecule has 0 spiro atoms. The molecule has 1 aromatic rings. The normalized spacial score (nSPS) is 24.8. The molecule has 0 saturated heterocycles. The Bertz CT molecular complexity index is 397. The van der Waals surface area contributed by atoms with Crippen LogP contribution in [0.2, 0.25) is 0 Å². The van der Waals surface area contributed by atoms with Crippen LogP contribution >= 0.6 is 0 Å². The van der Waals surface area contributed by atoms with Crippen LogP contribution in [0.3, 0.4) is 0 Å². The Morgan fingerprint density at radius 3 is 2.88 bits per heavy atom. The molecule has 1 aliphatic rings. The van der Waals surface area contributed by atoms with Gasteiger partial charge in [-0.25, -0.2) is 0 Å². The van der Waals surface area contributed by atoms with Crippen molar-refractivity contribution in [3.63, 3.8) is 0 Å². The van der Waals surface area contributed by atoms with E-state index in [0.717, 1.165) is 25.7 Å². The highest BCUT2D eigenvalue weighted by Gasteiger charge is 2.21. The Balaban J connectivity index is 2.06.